The fraction of sp³-hybridized carbons (Fsp3) is 0.333. The predicted molar refractivity (Wildman–Crippen MR) is 114 cm³/mol. The maximum absolute atomic E-state index is 12.8. The largest absolute Gasteiger partial charge is 0.493 e. The fourth-order valence-corrected chi connectivity index (χ4v) is 4.32. The van der Waals surface area contributed by atoms with Crippen molar-refractivity contribution in [1.29, 1.82) is 0 Å². The van der Waals surface area contributed by atoms with Crippen LogP contribution in [0.2, 0.25) is 0 Å². The van der Waals surface area contributed by atoms with Crippen molar-refractivity contribution < 1.29 is 38.4 Å². The molecule has 2 N–H and O–H groups in total. The van der Waals surface area contributed by atoms with Gasteiger partial charge in [0, 0.05) is 5.75 Å². The third kappa shape index (κ3) is 4.80. The summed E-state index contributed by atoms with van der Waals surface area (Å²) in [5.74, 6) is 0.525. The molecule has 1 heterocycles. The first-order valence-electron chi connectivity index (χ1n) is 9.22. The normalized spacial score (nSPS) is 17.7. The van der Waals surface area contributed by atoms with Crippen LogP contribution in [-0.4, -0.2) is 57.3 Å². The number of methoxy groups -OCH3 is 4. The topological polar surface area (TPSA) is 113 Å². The lowest BCUT2D eigenvalue weighted by atomic mass is 10.1. The van der Waals surface area contributed by atoms with Gasteiger partial charge in [0.2, 0.25) is 5.75 Å². The highest BCUT2D eigenvalue weighted by atomic mass is 32.2. The van der Waals surface area contributed by atoms with Crippen LogP contribution in [0.4, 0.5) is 0 Å². The Labute approximate surface area is 183 Å². The number of hydrogen-bond acceptors (Lipinski definition) is 9. The van der Waals surface area contributed by atoms with Crippen LogP contribution in [0.1, 0.15) is 21.3 Å². The molecule has 0 unspecified atom stereocenters. The Hall–Kier alpha value is -3.11. The maximum Gasteiger partial charge on any atom is 0.343 e. The second-order valence-electron chi connectivity index (χ2n) is 6.48. The van der Waals surface area contributed by atoms with Gasteiger partial charge in [-0.15, -0.1) is 11.8 Å². The van der Waals surface area contributed by atoms with Gasteiger partial charge in [-0.1, -0.05) is 6.07 Å². The van der Waals surface area contributed by atoms with Crippen molar-refractivity contribution in [2.45, 2.75) is 11.4 Å². The number of carbonyl (C=O) groups is 2. The lowest BCUT2D eigenvalue weighted by Gasteiger charge is -2.16. The number of carboxylic acid groups (broad SMARTS) is 1. The minimum absolute atomic E-state index is 0.199. The van der Waals surface area contributed by atoms with Gasteiger partial charge >= 0.3 is 11.9 Å². The molecule has 0 aromatic heterocycles. The Kier molecular flexibility index (Phi) is 7.13. The van der Waals surface area contributed by atoms with Crippen LogP contribution in [0.15, 0.2) is 30.3 Å². The molecule has 0 aliphatic carbocycles. The second kappa shape index (κ2) is 9.80. The summed E-state index contributed by atoms with van der Waals surface area (Å²) in [5.41, 5.74) is 1.02. The molecule has 0 spiro atoms. The molecular weight excluding hydrogens is 426 g/mol. The molecule has 0 saturated carbocycles. The highest BCUT2D eigenvalue weighted by Crippen LogP contribution is 2.40. The molecule has 9 nitrogen and oxygen atoms in total. The Morgan fingerprint density at radius 3 is 2.10 bits per heavy atom. The van der Waals surface area contributed by atoms with Crippen LogP contribution < -0.4 is 29.0 Å². The van der Waals surface area contributed by atoms with Crippen LogP contribution in [0.25, 0.3) is 0 Å². The number of carboxylic acids is 1. The first-order valence-corrected chi connectivity index (χ1v) is 10.3. The van der Waals surface area contributed by atoms with Crippen molar-refractivity contribution in [2.24, 2.45) is 0 Å². The molecule has 0 bridgehead atoms. The van der Waals surface area contributed by atoms with Gasteiger partial charge in [0.1, 0.15) is 6.04 Å². The van der Waals surface area contributed by atoms with Gasteiger partial charge in [0.15, 0.2) is 23.0 Å². The summed E-state index contributed by atoms with van der Waals surface area (Å²) in [6, 6.07) is 7.46. The Bertz CT molecular complexity index is 955. The summed E-state index contributed by atoms with van der Waals surface area (Å²) in [6.45, 7) is 0. The van der Waals surface area contributed by atoms with E-state index in [4.69, 9.17) is 28.8 Å². The van der Waals surface area contributed by atoms with Crippen molar-refractivity contribution in [1.82, 2.24) is 5.32 Å². The molecule has 166 valence electrons. The van der Waals surface area contributed by atoms with E-state index < -0.39 is 18.0 Å². The van der Waals surface area contributed by atoms with Crippen molar-refractivity contribution in [3.8, 4) is 28.7 Å². The third-order valence-electron chi connectivity index (χ3n) is 4.67. The smallest absolute Gasteiger partial charge is 0.343 e. The highest BCUT2D eigenvalue weighted by Gasteiger charge is 2.31. The molecule has 31 heavy (non-hydrogen) atoms. The number of esters is 1. The minimum atomic E-state index is -0.891. The van der Waals surface area contributed by atoms with E-state index in [1.807, 2.05) is 0 Å². The Morgan fingerprint density at radius 2 is 1.58 bits per heavy atom. The monoisotopic (exact) mass is 449 g/mol. The van der Waals surface area contributed by atoms with E-state index in [2.05, 4.69) is 5.32 Å². The van der Waals surface area contributed by atoms with Crippen molar-refractivity contribution >= 4 is 23.7 Å². The zero-order valence-electron chi connectivity index (χ0n) is 17.5. The van der Waals surface area contributed by atoms with Gasteiger partial charge < -0.3 is 28.8 Å². The molecular formula is C21H23NO8S. The van der Waals surface area contributed by atoms with Gasteiger partial charge in [-0.2, -0.15) is 0 Å². The van der Waals surface area contributed by atoms with Gasteiger partial charge in [0.25, 0.3) is 0 Å². The van der Waals surface area contributed by atoms with Gasteiger partial charge in [-0.25, -0.2) is 4.79 Å². The van der Waals surface area contributed by atoms with Crippen LogP contribution in [0, 0.1) is 0 Å². The van der Waals surface area contributed by atoms with Gasteiger partial charge in [0.05, 0.1) is 39.4 Å². The van der Waals surface area contributed by atoms with E-state index in [0.29, 0.717) is 28.8 Å². The number of aliphatic carboxylic acids is 1. The minimum Gasteiger partial charge on any atom is -0.493 e. The highest BCUT2D eigenvalue weighted by molar-refractivity contribution is 7.99. The average Bonchev–Trinajstić information content (AvgIpc) is 3.28. The van der Waals surface area contributed by atoms with E-state index in [0.717, 1.165) is 5.56 Å². The van der Waals surface area contributed by atoms with Crippen LogP contribution in [0.3, 0.4) is 0 Å². The molecule has 1 aliphatic rings. The molecule has 3 rings (SSSR count). The van der Waals surface area contributed by atoms with Gasteiger partial charge in [-0.05, 0) is 29.8 Å². The molecule has 2 atom stereocenters. The molecule has 1 aliphatic heterocycles. The maximum atomic E-state index is 12.8. The van der Waals surface area contributed by atoms with E-state index in [-0.39, 0.29) is 16.7 Å². The summed E-state index contributed by atoms with van der Waals surface area (Å²) in [7, 11) is 5.85. The third-order valence-corrected chi connectivity index (χ3v) is 5.94. The lowest BCUT2D eigenvalue weighted by Crippen LogP contribution is -2.33. The van der Waals surface area contributed by atoms with Crippen LogP contribution in [0.5, 0.6) is 28.7 Å². The fourth-order valence-electron chi connectivity index (χ4n) is 3.10. The number of ether oxygens (including phenoxy) is 5. The molecule has 1 fully saturated rings. The number of carbonyl (C=O) groups excluding carboxylic acids is 1. The van der Waals surface area contributed by atoms with Crippen molar-refractivity contribution in [3.63, 3.8) is 0 Å². The Morgan fingerprint density at radius 1 is 0.935 bits per heavy atom. The van der Waals surface area contributed by atoms with E-state index in [1.165, 1.54) is 52.3 Å². The number of hydrogen-bond donors (Lipinski definition) is 2. The number of rotatable bonds is 8. The summed E-state index contributed by atoms with van der Waals surface area (Å²) in [5, 5.41) is 12.0. The number of nitrogens with one attached hydrogen (secondary N) is 1. The number of benzene rings is 2. The SMILES string of the molecule is COc1cc([C@@H]2N[C@@H](C(=O)O)CS2)ccc1OC(=O)c1cc(OC)c(OC)c(OC)c1. The molecule has 2 aromatic carbocycles. The standard InChI is InChI=1S/C21H23NO8S/c1-26-15-7-11(19-22-13(10-31-19)20(23)24)5-6-14(15)30-21(25)12-8-16(27-2)18(29-4)17(9-12)28-3/h5-9,13,19,22H,10H2,1-4H3,(H,23,24)/t13-,19-/m1/s1. The van der Waals surface area contributed by atoms with E-state index in [9.17, 15) is 9.59 Å². The van der Waals surface area contributed by atoms with Crippen molar-refractivity contribution in [2.75, 3.05) is 34.2 Å². The first-order chi connectivity index (χ1) is 14.9. The van der Waals surface area contributed by atoms with E-state index in [1.54, 1.807) is 18.2 Å². The molecule has 0 radical (unpaired) electrons. The van der Waals surface area contributed by atoms with Crippen LogP contribution >= 0.6 is 11.8 Å². The van der Waals surface area contributed by atoms with Crippen LogP contribution in [-0.2, 0) is 4.79 Å². The zero-order valence-corrected chi connectivity index (χ0v) is 18.3. The summed E-state index contributed by atoms with van der Waals surface area (Å²) in [4.78, 5) is 23.9. The molecule has 10 heteroatoms. The molecule has 2 aromatic rings. The quantitative estimate of drug-likeness (QED) is 0.461. The summed E-state index contributed by atoms with van der Waals surface area (Å²) < 4.78 is 26.7. The summed E-state index contributed by atoms with van der Waals surface area (Å²) >= 11 is 1.48. The predicted octanol–water partition coefficient (Wildman–Crippen LogP) is 2.73. The number of thioether (sulfide) groups is 1. The summed E-state index contributed by atoms with van der Waals surface area (Å²) in [6.07, 6.45) is 0. The molecule has 1 saturated heterocycles. The van der Waals surface area contributed by atoms with Crippen molar-refractivity contribution in [3.05, 3.63) is 41.5 Å². The van der Waals surface area contributed by atoms with Gasteiger partial charge in [-0.3, -0.25) is 10.1 Å². The average molecular weight is 449 g/mol. The van der Waals surface area contributed by atoms with E-state index >= 15 is 0 Å². The molecule has 0 amide bonds. The zero-order chi connectivity index (χ0) is 22.5. The Balaban J connectivity index is 1.83. The lowest BCUT2D eigenvalue weighted by molar-refractivity contribution is -0.138. The second-order valence-corrected chi connectivity index (χ2v) is 7.62. The first kappa shape index (κ1) is 22.6.